The molecular weight excluding hydrogens is 251 g/mol. The maximum Gasteiger partial charge on any atom is 0.123 e. The average molecular weight is 268 g/mol. The molecule has 2 aromatic rings. The van der Waals surface area contributed by atoms with E-state index in [4.69, 9.17) is 0 Å². The number of hydrogen-bond donors (Lipinski definition) is 1. The van der Waals surface area contributed by atoms with Crippen LogP contribution in [-0.4, -0.2) is 6.54 Å². The summed E-state index contributed by atoms with van der Waals surface area (Å²) < 4.78 is 12.9. The molecule has 0 amide bonds. The van der Waals surface area contributed by atoms with Gasteiger partial charge in [-0.3, -0.25) is 0 Å². The van der Waals surface area contributed by atoms with Crippen molar-refractivity contribution in [1.82, 2.24) is 5.32 Å². The highest BCUT2D eigenvalue weighted by atomic mass is 19.1. The summed E-state index contributed by atoms with van der Waals surface area (Å²) in [7, 11) is 0. The van der Waals surface area contributed by atoms with E-state index in [1.807, 2.05) is 37.3 Å². The Morgan fingerprint density at radius 1 is 1.05 bits per heavy atom. The standard InChI is InChI=1S/C17H17FN2/c1-13(14-7-9-17(18)10-8-14)20-12-16(11-19)15-5-3-2-4-6-15/h2-10,13,16,20H,12H2,1H3. The molecule has 2 aromatic carbocycles. The normalized spacial score (nSPS) is 13.4. The highest BCUT2D eigenvalue weighted by molar-refractivity contribution is 5.25. The van der Waals surface area contributed by atoms with Crippen molar-refractivity contribution < 1.29 is 4.39 Å². The Labute approximate surface area is 118 Å². The Morgan fingerprint density at radius 2 is 1.70 bits per heavy atom. The third-order valence-corrected chi connectivity index (χ3v) is 3.36. The third kappa shape index (κ3) is 3.66. The van der Waals surface area contributed by atoms with Crippen LogP contribution < -0.4 is 5.32 Å². The van der Waals surface area contributed by atoms with Crippen LogP contribution in [0.3, 0.4) is 0 Å². The molecule has 2 unspecified atom stereocenters. The number of halogens is 1. The molecule has 0 saturated heterocycles. The van der Waals surface area contributed by atoms with E-state index < -0.39 is 0 Å². The molecule has 0 fully saturated rings. The molecule has 0 heterocycles. The van der Waals surface area contributed by atoms with Crippen molar-refractivity contribution in [2.75, 3.05) is 6.54 Å². The van der Waals surface area contributed by atoms with E-state index in [1.54, 1.807) is 12.1 Å². The minimum atomic E-state index is -0.236. The number of nitrogens with one attached hydrogen (secondary N) is 1. The van der Waals surface area contributed by atoms with Crippen molar-refractivity contribution in [3.63, 3.8) is 0 Å². The van der Waals surface area contributed by atoms with Gasteiger partial charge in [-0.15, -0.1) is 0 Å². The summed E-state index contributed by atoms with van der Waals surface area (Å²) in [4.78, 5) is 0. The molecular formula is C17H17FN2. The maximum absolute atomic E-state index is 12.9. The second-order valence-corrected chi connectivity index (χ2v) is 4.77. The van der Waals surface area contributed by atoms with Gasteiger partial charge in [-0.25, -0.2) is 4.39 Å². The summed E-state index contributed by atoms with van der Waals surface area (Å²) in [5.41, 5.74) is 2.02. The minimum Gasteiger partial charge on any atom is -0.309 e. The van der Waals surface area contributed by atoms with Crippen LogP contribution in [0.2, 0.25) is 0 Å². The molecule has 0 aliphatic heterocycles. The van der Waals surface area contributed by atoms with E-state index in [9.17, 15) is 9.65 Å². The molecule has 0 spiro atoms. The first-order valence-electron chi connectivity index (χ1n) is 6.64. The van der Waals surface area contributed by atoms with Crippen LogP contribution in [0.4, 0.5) is 4.39 Å². The molecule has 2 rings (SSSR count). The molecule has 0 bridgehead atoms. The molecule has 20 heavy (non-hydrogen) atoms. The van der Waals surface area contributed by atoms with Gasteiger partial charge in [0.2, 0.25) is 0 Å². The lowest BCUT2D eigenvalue weighted by atomic mass is 10.00. The Morgan fingerprint density at radius 3 is 2.30 bits per heavy atom. The zero-order valence-electron chi connectivity index (χ0n) is 11.4. The van der Waals surface area contributed by atoms with Gasteiger partial charge in [0, 0.05) is 12.6 Å². The van der Waals surface area contributed by atoms with Crippen molar-refractivity contribution in [3.8, 4) is 6.07 Å². The lowest BCUT2D eigenvalue weighted by Crippen LogP contribution is -2.24. The van der Waals surface area contributed by atoms with Gasteiger partial charge in [0.05, 0.1) is 12.0 Å². The first kappa shape index (κ1) is 14.2. The Bertz CT molecular complexity index is 572. The van der Waals surface area contributed by atoms with E-state index in [2.05, 4.69) is 11.4 Å². The number of benzene rings is 2. The van der Waals surface area contributed by atoms with Crippen LogP contribution in [0.15, 0.2) is 54.6 Å². The fourth-order valence-corrected chi connectivity index (χ4v) is 2.09. The van der Waals surface area contributed by atoms with Gasteiger partial charge in [-0.1, -0.05) is 42.5 Å². The molecule has 2 nitrogen and oxygen atoms in total. The Kier molecular flexibility index (Phi) is 4.86. The molecule has 2 atom stereocenters. The third-order valence-electron chi connectivity index (χ3n) is 3.36. The van der Waals surface area contributed by atoms with Crippen molar-refractivity contribution in [2.45, 2.75) is 18.9 Å². The molecule has 102 valence electrons. The van der Waals surface area contributed by atoms with Crippen molar-refractivity contribution in [2.24, 2.45) is 0 Å². The van der Waals surface area contributed by atoms with Gasteiger partial charge in [-0.2, -0.15) is 5.26 Å². The van der Waals surface area contributed by atoms with E-state index in [0.29, 0.717) is 6.54 Å². The van der Waals surface area contributed by atoms with Crippen LogP contribution >= 0.6 is 0 Å². The molecule has 0 aromatic heterocycles. The van der Waals surface area contributed by atoms with Crippen molar-refractivity contribution in [3.05, 3.63) is 71.5 Å². The molecule has 3 heteroatoms. The van der Waals surface area contributed by atoms with Gasteiger partial charge in [0.1, 0.15) is 5.82 Å². The highest BCUT2D eigenvalue weighted by Crippen LogP contribution is 2.17. The number of rotatable bonds is 5. The molecule has 1 N–H and O–H groups in total. The van der Waals surface area contributed by atoms with Crippen LogP contribution in [0.1, 0.15) is 30.0 Å². The summed E-state index contributed by atoms with van der Waals surface area (Å²) in [6.45, 7) is 2.58. The Hall–Kier alpha value is -2.18. The zero-order valence-corrected chi connectivity index (χ0v) is 11.4. The molecule has 0 radical (unpaired) electrons. The van der Waals surface area contributed by atoms with Crippen molar-refractivity contribution >= 4 is 0 Å². The van der Waals surface area contributed by atoms with Gasteiger partial charge in [0.25, 0.3) is 0 Å². The lowest BCUT2D eigenvalue weighted by molar-refractivity contribution is 0.556. The summed E-state index contributed by atoms with van der Waals surface area (Å²) in [6, 6.07) is 18.5. The fraction of sp³-hybridized carbons (Fsp3) is 0.235. The highest BCUT2D eigenvalue weighted by Gasteiger charge is 2.12. The predicted molar refractivity (Wildman–Crippen MR) is 77.6 cm³/mol. The fourth-order valence-electron chi connectivity index (χ4n) is 2.09. The van der Waals surface area contributed by atoms with Crippen LogP contribution in [0.5, 0.6) is 0 Å². The van der Waals surface area contributed by atoms with E-state index in [-0.39, 0.29) is 17.8 Å². The number of hydrogen-bond acceptors (Lipinski definition) is 2. The van der Waals surface area contributed by atoms with Gasteiger partial charge in [-0.05, 0) is 30.2 Å². The minimum absolute atomic E-state index is 0.0789. The second-order valence-electron chi connectivity index (χ2n) is 4.77. The van der Waals surface area contributed by atoms with Gasteiger partial charge in [0.15, 0.2) is 0 Å². The van der Waals surface area contributed by atoms with Gasteiger partial charge >= 0.3 is 0 Å². The summed E-state index contributed by atoms with van der Waals surface area (Å²) in [6.07, 6.45) is 0. The smallest absolute Gasteiger partial charge is 0.123 e. The first-order valence-corrected chi connectivity index (χ1v) is 6.64. The monoisotopic (exact) mass is 268 g/mol. The van der Waals surface area contributed by atoms with Crippen LogP contribution in [0.25, 0.3) is 0 Å². The zero-order chi connectivity index (χ0) is 14.4. The van der Waals surface area contributed by atoms with Crippen molar-refractivity contribution in [1.29, 1.82) is 5.26 Å². The molecule has 0 aliphatic carbocycles. The number of nitriles is 1. The SMILES string of the molecule is CC(NCC(C#N)c1ccccc1)c1ccc(F)cc1. The summed E-state index contributed by atoms with van der Waals surface area (Å²) in [5, 5.41) is 12.6. The summed E-state index contributed by atoms with van der Waals surface area (Å²) in [5.74, 6) is -0.417. The van der Waals surface area contributed by atoms with Crippen LogP contribution in [0, 0.1) is 17.1 Å². The number of nitrogens with zero attached hydrogens (tertiary/aromatic N) is 1. The maximum atomic E-state index is 12.9. The Balaban J connectivity index is 1.97. The topological polar surface area (TPSA) is 35.8 Å². The van der Waals surface area contributed by atoms with E-state index >= 15 is 0 Å². The van der Waals surface area contributed by atoms with E-state index in [1.165, 1.54) is 12.1 Å². The predicted octanol–water partition coefficient (Wildman–Crippen LogP) is 3.78. The summed E-state index contributed by atoms with van der Waals surface area (Å²) >= 11 is 0. The van der Waals surface area contributed by atoms with Gasteiger partial charge < -0.3 is 5.32 Å². The average Bonchev–Trinajstić information content (AvgIpc) is 2.49. The molecule has 0 aliphatic rings. The first-order chi connectivity index (χ1) is 9.70. The van der Waals surface area contributed by atoms with Crippen LogP contribution in [-0.2, 0) is 0 Å². The van der Waals surface area contributed by atoms with E-state index in [0.717, 1.165) is 11.1 Å². The lowest BCUT2D eigenvalue weighted by Gasteiger charge is -2.17. The largest absolute Gasteiger partial charge is 0.309 e. The second kappa shape index (κ2) is 6.83. The quantitative estimate of drug-likeness (QED) is 0.895. The molecule has 0 saturated carbocycles.